The van der Waals surface area contributed by atoms with Crippen LogP contribution in [0, 0.1) is 19.8 Å². The Morgan fingerprint density at radius 2 is 1.94 bits per heavy atom. The van der Waals surface area contributed by atoms with Crippen molar-refractivity contribution in [3.63, 3.8) is 0 Å². The number of amides is 1. The highest BCUT2D eigenvalue weighted by molar-refractivity contribution is 5.93. The minimum absolute atomic E-state index is 0.163. The lowest BCUT2D eigenvalue weighted by atomic mass is 10.1. The second-order valence-electron chi connectivity index (χ2n) is 4.48. The summed E-state index contributed by atoms with van der Waals surface area (Å²) < 4.78 is 0. The molecule has 0 aliphatic heterocycles. The summed E-state index contributed by atoms with van der Waals surface area (Å²) in [5.74, 6) is 0.490. The molecule has 2 rings (SSSR count). The maximum Gasteiger partial charge on any atom is 0.274 e. The van der Waals surface area contributed by atoms with Crippen LogP contribution in [0.15, 0.2) is 18.2 Å². The van der Waals surface area contributed by atoms with E-state index in [0.29, 0.717) is 18.1 Å². The fourth-order valence-electron chi connectivity index (χ4n) is 1.45. The zero-order chi connectivity index (χ0) is 13.5. The molecule has 0 heterocycles. The molecule has 0 bridgehead atoms. The van der Waals surface area contributed by atoms with E-state index in [1.165, 1.54) is 18.4 Å². The molecule has 1 fully saturated rings. The molecule has 0 aromatic heterocycles. The van der Waals surface area contributed by atoms with Crippen LogP contribution in [0.2, 0.25) is 0 Å². The van der Waals surface area contributed by atoms with Crippen LogP contribution < -0.4 is 5.48 Å². The van der Waals surface area contributed by atoms with Gasteiger partial charge in [0.05, 0.1) is 6.61 Å². The molecule has 3 heteroatoms. The number of hydrogen-bond acceptors (Lipinski definition) is 2. The number of hydroxylamine groups is 1. The van der Waals surface area contributed by atoms with E-state index < -0.39 is 0 Å². The Hall–Kier alpha value is -1.35. The predicted molar refractivity (Wildman–Crippen MR) is 73.4 cm³/mol. The van der Waals surface area contributed by atoms with Gasteiger partial charge in [-0.25, -0.2) is 5.48 Å². The fraction of sp³-hybridized carbons (Fsp3) is 0.533. The zero-order valence-corrected chi connectivity index (χ0v) is 11.7. The Labute approximate surface area is 109 Å². The Morgan fingerprint density at radius 1 is 1.28 bits per heavy atom. The summed E-state index contributed by atoms with van der Waals surface area (Å²) in [6, 6.07) is 5.65. The molecule has 0 saturated heterocycles. The molecule has 1 aromatic rings. The Bertz CT molecular complexity index is 397. The molecule has 100 valence electrons. The molecule has 1 aromatic carbocycles. The molecule has 18 heavy (non-hydrogen) atoms. The highest BCUT2D eigenvalue weighted by Crippen LogP contribution is 2.28. The van der Waals surface area contributed by atoms with Gasteiger partial charge in [-0.3, -0.25) is 9.63 Å². The molecule has 1 aliphatic rings. The monoisotopic (exact) mass is 249 g/mol. The zero-order valence-electron chi connectivity index (χ0n) is 11.7. The summed E-state index contributed by atoms with van der Waals surface area (Å²) in [7, 11) is 0. The topological polar surface area (TPSA) is 38.3 Å². The van der Waals surface area contributed by atoms with Gasteiger partial charge in [0.1, 0.15) is 0 Å². The molecule has 1 aliphatic carbocycles. The maximum absolute atomic E-state index is 11.7. The lowest BCUT2D eigenvalue weighted by Crippen LogP contribution is -2.24. The molecule has 1 amide bonds. The van der Waals surface area contributed by atoms with Gasteiger partial charge in [0.25, 0.3) is 5.91 Å². The first-order valence-electron chi connectivity index (χ1n) is 6.66. The molecule has 0 unspecified atom stereocenters. The van der Waals surface area contributed by atoms with Crippen LogP contribution in [-0.2, 0) is 4.84 Å². The number of benzene rings is 1. The molecule has 1 saturated carbocycles. The summed E-state index contributed by atoms with van der Waals surface area (Å²) in [5, 5.41) is 0. The third-order valence-electron chi connectivity index (χ3n) is 2.95. The second kappa shape index (κ2) is 7.17. The molecule has 3 nitrogen and oxygen atoms in total. The van der Waals surface area contributed by atoms with Gasteiger partial charge in [0.15, 0.2) is 0 Å². The number of hydrogen-bond donors (Lipinski definition) is 1. The number of carbonyl (C=O) groups excluding carboxylic acids is 1. The summed E-state index contributed by atoms with van der Waals surface area (Å²) in [5.41, 5.74) is 5.44. The summed E-state index contributed by atoms with van der Waals surface area (Å²) in [4.78, 5) is 16.8. The minimum Gasteiger partial charge on any atom is -0.273 e. The second-order valence-corrected chi connectivity index (χ2v) is 4.48. The smallest absolute Gasteiger partial charge is 0.273 e. The van der Waals surface area contributed by atoms with E-state index in [0.717, 1.165) is 5.56 Å². The lowest BCUT2D eigenvalue weighted by Gasteiger charge is -2.06. The van der Waals surface area contributed by atoms with Gasteiger partial charge in [-0.05, 0) is 55.9 Å². The molecular weight excluding hydrogens is 226 g/mol. The maximum atomic E-state index is 11.7. The van der Waals surface area contributed by atoms with Crippen LogP contribution in [0.1, 0.15) is 48.2 Å². The quantitative estimate of drug-likeness (QED) is 0.830. The SMILES string of the molecule is CC.Cc1ccc(C(=O)NOCC2CC2)cc1C. The van der Waals surface area contributed by atoms with Crippen molar-refractivity contribution in [2.45, 2.75) is 40.5 Å². The van der Waals surface area contributed by atoms with Gasteiger partial charge in [-0.1, -0.05) is 19.9 Å². The van der Waals surface area contributed by atoms with E-state index in [4.69, 9.17) is 4.84 Å². The average molecular weight is 249 g/mol. The standard InChI is InChI=1S/C13H17NO2.C2H6/c1-9-3-6-12(7-10(9)2)13(15)14-16-8-11-4-5-11;1-2/h3,6-7,11H,4-5,8H2,1-2H3,(H,14,15);1-2H3. The number of rotatable bonds is 4. The first-order valence-corrected chi connectivity index (χ1v) is 6.66. The van der Waals surface area contributed by atoms with E-state index in [1.807, 2.05) is 45.9 Å². The molecule has 0 radical (unpaired) electrons. The molecule has 0 atom stereocenters. The molecule has 0 spiro atoms. The van der Waals surface area contributed by atoms with Crippen molar-refractivity contribution in [3.05, 3.63) is 34.9 Å². The van der Waals surface area contributed by atoms with Crippen LogP contribution in [0.5, 0.6) is 0 Å². The van der Waals surface area contributed by atoms with Gasteiger partial charge in [-0.15, -0.1) is 0 Å². The summed E-state index contributed by atoms with van der Waals surface area (Å²) >= 11 is 0. The largest absolute Gasteiger partial charge is 0.274 e. The van der Waals surface area contributed by atoms with Crippen molar-refractivity contribution in [2.24, 2.45) is 5.92 Å². The lowest BCUT2D eigenvalue weighted by molar-refractivity contribution is 0.0270. The van der Waals surface area contributed by atoms with Crippen LogP contribution in [0.25, 0.3) is 0 Å². The number of carbonyl (C=O) groups is 1. The van der Waals surface area contributed by atoms with Gasteiger partial charge in [-0.2, -0.15) is 0 Å². The van der Waals surface area contributed by atoms with Crippen molar-refractivity contribution in [1.82, 2.24) is 5.48 Å². The third kappa shape index (κ3) is 4.49. The third-order valence-corrected chi connectivity index (χ3v) is 2.95. The number of aryl methyl sites for hydroxylation is 2. The fourth-order valence-corrected chi connectivity index (χ4v) is 1.45. The van der Waals surface area contributed by atoms with E-state index >= 15 is 0 Å². The normalized spacial score (nSPS) is 13.6. The van der Waals surface area contributed by atoms with Crippen LogP contribution >= 0.6 is 0 Å². The van der Waals surface area contributed by atoms with Crippen LogP contribution in [0.4, 0.5) is 0 Å². The van der Waals surface area contributed by atoms with E-state index in [-0.39, 0.29) is 5.91 Å². The van der Waals surface area contributed by atoms with E-state index in [9.17, 15) is 4.79 Å². The molecule has 1 N–H and O–H groups in total. The Kier molecular flexibility index (Phi) is 5.86. The van der Waals surface area contributed by atoms with E-state index in [1.54, 1.807) is 0 Å². The van der Waals surface area contributed by atoms with Crippen LogP contribution in [-0.4, -0.2) is 12.5 Å². The number of nitrogens with one attached hydrogen (secondary N) is 1. The van der Waals surface area contributed by atoms with Crippen molar-refractivity contribution in [2.75, 3.05) is 6.61 Å². The summed E-state index contributed by atoms with van der Waals surface area (Å²) in [6.45, 7) is 8.66. The van der Waals surface area contributed by atoms with Crippen LogP contribution in [0.3, 0.4) is 0 Å². The summed E-state index contributed by atoms with van der Waals surface area (Å²) in [6.07, 6.45) is 2.44. The first kappa shape index (κ1) is 14.7. The Balaban J connectivity index is 0.000000771. The van der Waals surface area contributed by atoms with Crippen molar-refractivity contribution < 1.29 is 9.63 Å². The van der Waals surface area contributed by atoms with Gasteiger partial charge in [0, 0.05) is 5.56 Å². The van der Waals surface area contributed by atoms with Gasteiger partial charge < -0.3 is 0 Å². The minimum atomic E-state index is -0.163. The van der Waals surface area contributed by atoms with E-state index in [2.05, 4.69) is 5.48 Å². The molecular formula is C15H23NO2. The van der Waals surface area contributed by atoms with Gasteiger partial charge >= 0.3 is 0 Å². The van der Waals surface area contributed by atoms with Crippen molar-refractivity contribution in [3.8, 4) is 0 Å². The highest BCUT2D eigenvalue weighted by atomic mass is 16.7. The van der Waals surface area contributed by atoms with Crippen molar-refractivity contribution >= 4 is 5.91 Å². The average Bonchev–Trinajstić information content (AvgIpc) is 3.19. The predicted octanol–water partition coefficient (Wildman–Crippen LogP) is 3.40. The van der Waals surface area contributed by atoms with Crippen molar-refractivity contribution in [1.29, 1.82) is 0 Å². The Morgan fingerprint density at radius 3 is 2.50 bits per heavy atom. The highest BCUT2D eigenvalue weighted by Gasteiger charge is 2.21. The first-order chi connectivity index (χ1) is 8.66. The van der Waals surface area contributed by atoms with Gasteiger partial charge in [0.2, 0.25) is 0 Å².